The lowest BCUT2D eigenvalue weighted by molar-refractivity contribution is -0.131. The molecule has 0 bridgehead atoms. The van der Waals surface area contributed by atoms with E-state index < -0.39 is 6.04 Å². The number of morpholine rings is 1. The number of amides is 3. The summed E-state index contributed by atoms with van der Waals surface area (Å²) in [5, 5.41) is 5.53. The van der Waals surface area contributed by atoms with Gasteiger partial charge in [0.25, 0.3) is 5.91 Å². The van der Waals surface area contributed by atoms with Gasteiger partial charge in [-0.3, -0.25) is 4.79 Å². The Hall–Kier alpha value is -2.74. The van der Waals surface area contributed by atoms with Gasteiger partial charge in [-0.15, -0.1) is 0 Å². The van der Waals surface area contributed by atoms with Crippen LogP contribution < -0.4 is 20.1 Å². The van der Waals surface area contributed by atoms with Crippen molar-refractivity contribution in [3.05, 3.63) is 35.0 Å². The molecule has 0 aromatic heterocycles. The number of carbonyl (C=O) groups is 2. The smallest absolute Gasteiger partial charge is 0.319 e. The number of hydrogen-bond acceptors (Lipinski definition) is 5. The molecular formula is C18H23N3O5. The zero-order valence-electron chi connectivity index (χ0n) is 15.1. The normalized spacial score (nSPS) is 20.3. The Morgan fingerprint density at radius 2 is 1.77 bits per heavy atom. The van der Waals surface area contributed by atoms with E-state index in [1.165, 1.54) is 0 Å². The highest BCUT2D eigenvalue weighted by molar-refractivity contribution is 5.98. The Labute approximate surface area is 152 Å². The number of nitrogens with one attached hydrogen (secondary N) is 2. The van der Waals surface area contributed by atoms with E-state index in [1.807, 2.05) is 0 Å². The molecule has 0 spiro atoms. The monoisotopic (exact) mass is 361 g/mol. The molecule has 1 aromatic carbocycles. The van der Waals surface area contributed by atoms with E-state index in [-0.39, 0.29) is 11.9 Å². The summed E-state index contributed by atoms with van der Waals surface area (Å²) in [7, 11) is 3.11. The summed E-state index contributed by atoms with van der Waals surface area (Å²) in [6.07, 6.45) is 0. The Kier molecular flexibility index (Phi) is 5.32. The lowest BCUT2D eigenvalue weighted by atomic mass is 9.94. The number of methoxy groups -OCH3 is 2. The van der Waals surface area contributed by atoms with Crippen molar-refractivity contribution in [1.29, 1.82) is 0 Å². The molecule has 8 heteroatoms. The first-order chi connectivity index (χ1) is 12.5. The highest BCUT2D eigenvalue weighted by atomic mass is 16.5. The molecule has 1 atom stereocenters. The van der Waals surface area contributed by atoms with E-state index in [9.17, 15) is 9.59 Å². The molecule has 140 valence electrons. The second kappa shape index (κ2) is 7.65. The molecule has 0 radical (unpaired) electrons. The van der Waals surface area contributed by atoms with Crippen molar-refractivity contribution in [2.24, 2.45) is 0 Å². The first-order valence-electron chi connectivity index (χ1n) is 8.41. The zero-order chi connectivity index (χ0) is 18.7. The van der Waals surface area contributed by atoms with E-state index in [0.29, 0.717) is 54.6 Å². The van der Waals surface area contributed by atoms with E-state index in [4.69, 9.17) is 14.2 Å². The third-order valence-corrected chi connectivity index (χ3v) is 4.50. The summed E-state index contributed by atoms with van der Waals surface area (Å²) >= 11 is 0. The van der Waals surface area contributed by atoms with Crippen molar-refractivity contribution in [1.82, 2.24) is 15.5 Å². The van der Waals surface area contributed by atoms with Gasteiger partial charge in [0.05, 0.1) is 39.0 Å². The third-order valence-electron chi connectivity index (χ3n) is 4.50. The summed E-state index contributed by atoms with van der Waals surface area (Å²) < 4.78 is 16.0. The summed E-state index contributed by atoms with van der Waals surface area (Å²) in [5.74, 6) is 1.05. The third kappa shape index (κ3) is 3.60. The first kappa shape index (κ1) is 18.1. The standard InChI is InChI=1S/C18H23N3O5/c1-11-15(17(22)21-4-6-26-7-5-21)16(20-18(23)19-11)12-8-13(24-2)10-14(9-12)25-3/h8-10,16H,4-7H2,1-3H3,(H2,19,20,23)/t16-/m0/s1. The van der Waals surface area contributed by atoms with Gasteiger partial charge < -0.3 is 29.7 Å². The second-order valence-electron chi connectivity index (χ2n) is 6.12. The fraction of sp³-hybridized carbons (Fsp3) is 0.444. The van der Waals surface area contributed by atoms with Gasteiger partial charge in [0.15, 0.2) is 0 Å². The average Bonchev–Trinajstić information content (AvgIpc) is 2.67. The maximum Gasteiger partial charge on any atom is 0.319 e. The van der Waals surface area contributed by atoms with Crippen molar-refractivity contribution in [2.45, 2.75) is 13.0 Å². The van der Waals surface area contributed by atoms with Crippen molar-refractivity contribution in [3.63, 3.8) is 0 Å². The maximum atomic E-state index is 13.1. The molecule has 1 fully saturated rings. The Morgan fingerprint density at radius 3 is 2.35 bits per heavy atom. The predicted octanol–water partition coefficient (Wildman–Crippen LogP) is 1.19. The van der Waals surface area contributed by atoms with Gasteiger partial charge in [0.2, 0.25) is 0 Å². The summed E-state index contributed by atoms with van der Waals surface area (Å²) in [4.78, 5) is 26.9. The molecule has 2 heterocycles. The van der Waals surface area contributed by atoms with Gasteiger partial charge in [-0.1, -0.05) is 0 Å². The maximum absolute atomic E-state index is 13.1. The van der Waals surface area contributed by atoms with Crippen molar-refractivity contribution >= 4 is 11.9 Å². The fourth-order valence-corrected chi connectivity index (χ4v) is 3.16. The van der Waals surface area contributed by atoms with Crippen LogP contribution in [-0.4, -0.2) is 57.4 Å². The number of ether oxygens (including phenoxy) is 3. The minimum atomic E-state index is -0.594. The van der Waals surface area contributed by atoms with E-state index in [2.05, 4.69) is 10.6 Å². The number of hydrogen-bond donors (Lipinski definition) is 2. The topological polar surface area (TPSA) is 89.1 Å². The average molecular weight is 361 g/mol. The van der Waals surface area contributed by atoms with Crippen molar-refractivity contribution in [3.8, 4) is 11.5 Å². The Balaban J connectivity index is 2.01. The summed E-state index contributed by atoms with van der Waals surface area (Å²) in [6, 6.07) is 4.37. The molecule has 2 aliphatic rings. The molecule has 1 aromatic rings. The van der Waals surface area contributed by atoms with Crippen LogP contribution in [0.5, 0.6) is 11.5 Å². The van der Waals surface area contributed by atoms with Gasteiger partial charge >= 0.3 is 6.03 Å². The molecular weight excluding hydrogens is 338 g/mol. The number of carbonyl (C=O) groups excluding carboxylic acids is 2. The Bertz CT molecular complexity index is 718. The highest BCUT2D eigenvalue weighted by Gasteiger charge is 2.34. The van der Waals surface area contributed by atoms with Gasteiger partial charge in [-0.05, 0) is 24.6 Å². The molecule has 1 saturated heterocycles. The minimum absolute atomic E-state index is 0.120. The van der Waals surface area contributed by atoms with Crippen LogP contribution in [0, 0.1) is 0 Å². The van der Waals surface area contributed by atoms with Crippen LogP contribution in [0.1, 0.15) is 18.5 Å². The first-order valence-corrected chi connectivity index (χ1v) is 8.41. The van der Waals surface area contributed by atoms with Crippen molar-refractivity contribution < 1.29 is 23.8 Å². The van der Waals surface area contributed by atoms with E-state index in [0.717, 1.165) is 0 Å². The summed E-state index contributed by atoms with van der Waals surface area (Å²) in [5.41, 5.74) is 1.76. The number of benzene rings is 1. The molecule has 0 aliphatic carbocycles. The van der Waals surface area contributed by atoms with Crippen LogP contribution >= 0.6 is 0 Å². The molecule has 3 amide bonds. The van der Waals surface area contributed by atoms with Gasteiger partial charge in [-0.25, -0.2) is 4.79 Å². The van der Waals surface area contributed by atoms with Crippen LogP contribution in [0.4, 0.5) is 4.79 Å². The van der Waals surface area contributed by atoms with Gasteiger partial charge in [0, 0.05) is 24.9 Å². The molecule has 3 rings (SSSR count). The molecule has 8 nitrogen and oxygen atoms in total. The zero-order valence-corrected chi connectivity index (χ0v) is 15.1. The molecule has 2 aliphatic heterocycles. The SMILES string of the molecule is COc1cc(OC)cc([C@@H]2NC(=O)NC(C)=C2C(=O)N2CCOCC2)c1. The number of nitrogens with zero attached hydrogens (tertiary/aromatic N) is 1. The number of allylic oxidation sites excluding steroid dienone is 1. The van der Waals surface area contributed by atoms with E-state index >= 15 is 0 Å². The molecule has 26 heavy (non-hydrogen) atoms. The quantitative estimate of drug-likeness (QED) is 0.841. The number of urea groups is 1. The van der Waals surface area contributed by atoms with Crippen LogP contribution in [0.2, 0.25) is 0 Å². The summed E-state index contributed by atoms with van der Waals surface area (Å²) in [6.45, 7) is 3.80. The van der Waals surface area contributed by atoms with Crippen LogP contribution in [-0.2, 0) is 9.53 Å². The van der Waals surface area contributed by atoms with E-state index in [1.54, 1.807) is 44.2 Å². The highest BCUT2D eigenvalue weighted by Crippen LogP contribution is 2.33. The lowest BCUT2D eigenvalue weighted by Crippen LogP contribution is -2.49. The molecule has 0 unspecified atom stereocenters. The van der Waals surface area contributed by atoms with Gasteiger partial charge in [-0.2, -0.15) is 0 Å². The van der Waals surface area contributed by atoms with Crippen LogP contribution in [0.3, 0.4) is 0 Å². The van der Waals surface area contributed by atoms with Gasteiger partial charge in [0.1, 0.15) is 11.5 Å². The fourth-order valence-electron chi connectivity index (χ4n) is 3.16. The predicted molar refractivity (Wildman–Crippen MR) is 94.1 cm³/mol. The Morgan fingerprint density at radius 1 is 1.15 bits per heavy atom. The molecule has 2 N–H and O–H groups in total. The minimum Gasteiger partial charge on any atom is -0.497 e. The molecule has 0 saturated carbocycles. The largest absolute Gasteiger partial charge is 0.497 e. The van der Waals surface area contributed by atoms with Crippen molar-refractivity contribution in [2.75, 3.05) is 40.5 Å². The number of rotatable bonds is 4. The second-order valence-corrected chi connectivity index (χ2v) is 6.12. The van der Waals surface area contributed by atoms with Crippen LogP contribution in [0.15, 0.2) is 29.5 Å². The lowest BCUT2D eigenvalue weighted by Gasteiger charge is -2.34. The van der Waals surface area contributed by atoms with Crippen LogP contribution in [0.25, 0.3) is 0 Å².